The van der Waals surface area contributed by atoms with Crippen LogP contribution in [0.3, 0.4) is 0 Å². The quantitative estimate of drug-likeness (QED) is 0.268. The number of rotatable bonds is 10. The summed E-state index contributed by atoms with van der Waals surface area (Å²) in [5, 5.41) is 16.5. The molecule has 2 N–H and O–H groups in total. The minimum atomic E-state index is -1.16. The molecule has 10 nitrogen and oxygen atoms in total. The van der Waals surface area contributed by atoms with Crippen molar-refractivity contribution in [3.05, 3.63) is 22.1 Å². The van der Waals surface area contributed by atoms with Gasteiger partial charge in [-0.05, 0) is 69.1 Å². The Morgan fingerprint density at radius 1 is 1.13 bits per heavy atom. The Balaban J connectivity index is 0.00000336. The number of carbonyl (C=O) groups excluding carboxylic acids is 2. The summed E-state index contributed by atoms with van der Waals surface area (Å²) >= 11 is 0. The monoisotopic (exact) mass is 540 g/mol. The molecular formula is C26H34FN4NaO6. The zero-order chi connectivity index (χ0) is 26.3. The molecule has 2 aromatic rings. The molecule has 1 amide bonds. The number of fused-ring (bicyclic) bond motifs is 1. The van der Waals surface area contributed by atoms with E-state index in [0.717, 1.165) is 19.3 Å². The maximum absolute atomic E-state index is 13.8. The summed E-state index contributed by atoms with van der Waals surface area (Å²) in [6.45, 7) is -0.348. The summed E-state index contributed by atoms with van der Waals surface area (Å²) in [4.78, 5) is 51.1. The second-order valence-electron chi connectivity index (χ2n) is 11.1. The van der Waals surface area contributed by atoms with E-state index in [1.54, 1.807) is 13.2 Å². The van der Waals surface area contributed by atoms with Crippen LogP contribution in [0.5, 0.6) is 5.75 Å². The average Bonchev–Trinajstić information content (AvgIpc) is 3.20. The number of ether oxygens (including phenoxy) is 1. The third kappa shape index (κ3) is 5.70. The number of hydrogen-bond acceptors (Lipinski definition) is 6. The first-order chi connectivity index (χ1) is 17.7. The molecule has 0 atom stereocenters. The number of nitrogens with zero attached hydrogens (tertiary/aromatic N) is 3. The fraction of sp³-hybridized carbons (Fsp3) is 0.654. The molecule has 0 unspecified atom stereocenters. The van der Waals surface area contributed by atoms with Crippen LogP contribution in [0.2, 0.25) is 0 Å². The van der Waals surface area contributed by atoms with Gasteiger partial charge >= 0.3 is 41.5 Å². The molecule has 4 saturated carbocycles. The molecule has 38 heavy (non-hydrogen) atoms. The van der Waals surface area contributed by atoms with Gasteiger partial charge in [0.25, 0.3) is 11.5 Å². The average molecular weight is 541 g/mol. The van der Waals surface area contributed by atoms with Gasteiger partial charge < -0.3 is 19.7 Å². The van der Waals surface area contributed by atoms with Crippen LogP contribution < -0.4 is 15.6 Å². The zero-order valence-electron chi connectivity index (χ0n) is 21.0. The first kappa shape index (κ1) is 28.8. The van der Waals surface area contributed by atoms with Crippen molar-refractivity contribution in [1.82, 2.24) is 19.7 Å². The Morgan fingerprint density at radius 3 is 2.34 bits per heavy atom. The predicted octanol–water partition coefficient (Wildman–Crippen LogP) is 2.31. The van der Waals surface area contributed by atoms with Gasteiger partial charge in [0.05, 0.1) is 25.0 Å². The van der Waals surface area contributed by atoms with E-state index < -0.39 is 42.9 Å². The van der Waals surface area contributed by atoms with E-state index in [4.69, 9.17) is 9.84 Å². The molecule has 0 saturated heterocycles. The van der Waals surface area contributed by atoms with Crippen molar-refractivity contribution < 1.29 is 28.6 Å². The van der Waals surface area contributed by atoms with Gasteiger partial charge in [-0.2, -0.15) is 5.10 Å². The van der Waals surface area contributed by atoms with E-state index >= 15 is 0 Å². The van der Waals surface area contributed by atoms with Crippen LogP contribution in [0, 0.1) is 17.8 Å². The molecule has 4 aliphatic carbocycles. The van der Waals surface area contributed by atoms with E-state index in [-0.39, 0.29) is 64.9 Å². The molecule has 4 bridgehead atoms. The summed E-state index contributed by atoms with van der Waals surface area (Å²) in [5.41, 5.74) is -0.824. The van der Waals surface area contributed by atoms with E-state index in [1.807, 2.05) is 0 Å². The molecular weight excluding hydrogens is 506 g/mol. The zero-order valence-corrected chi connectivity index (χ0v) is 21.0. The third-order valence-electron chi connectivity index (χ3n) is 8.17. The number of carboxylic acid groups (broad SMARTS) is 1. The van der Waals surface area contributed by atoms with E-state index in [9.17, 15) is 23.6 Å². The molecule has 2 aromatic heterocycles. The number of carbonyl (C=O) groups is 3. The standard InChI is InChI=1S/C26H33FN4O6.Na.H/c1-30-14-18-22(29-30)23(37-20(34)5-4-19(32)33)21(25(36)31(18)7-3-2-6-27)24(35)28-26-11-15-8-16(12-26)10-17(9-15)13-26;;/h14-17H,2-13H2,1H3,(H,28,35)(H,32,33);;. The molecule has 202 valence electrons. The van der Waals surface area contributed by atoms with Gasteiger partial charge in [0.1, 0.15) is 5.56 Å². The Kier molecular flexibility index (Phi) is 8.68. The summed E-state index contributed by atoms with van der Waals surface area (Å²) in [5.74, 6) is -1.20. The van der Waals surface area contributed by atoms with Crippen LogP contribution in [0.1, 0.15) is 74.6 Å². The van der Waals surface area contributed by atoms with E-state index in [1.165, 1.54) is 28.5 Å². The maximum atomic E-state index is 13.8. The molecule has 0 aliphatic heterocycles. The van der Waals surface area contributed by atoms with Gasteiger partial charge in [0, 0.05) is 25.3 Å². The SMILES string of the molecule is Cn1cc2c(n1)c(OC(=O)CCC(=O)O)c(C(=O)NC13CC4CC(CC(C4)C1)C3)c(=O)n2CCCCF.[NaH]. The van der Waals surface area contributed by atoms with Gasteiger partial charge in [-0.25, -0.2) is 0 Å². The Hall–Kier alpha value is -2.24. The summed E-state index contributed by atoms with van der Waals surface area (Å²) in [6.07, 6.45) is 7.52. The number of esters is 1. The van der Waals surface area contributed by atoms with Gasteiger partial charge in [0.2, 0.25) is 0 Å². The summed E-state index contributed by atoms with van der Waals surface area (Å²) in [7, 11) is 1.64. The molecule has 12 heteroatoms. The van der Waals surface area contributed by atoms with Crippen LogP contribution >= 0.6 is 0 Å². The van der Waals surface area contributed by atoms with Crippen molar-refractivity contribution in [2.45, 2.75) is 76.3 Å². The Labute approximate surface area is 241 Å². The topological polar surface area (TPSA) is 133 Å². The first-order valence-electron chi connectivity index (χ1n) is 13.1. The number of nitrogens with one attached hydrogen (secondary N) is 1. The number of carboxylic acids is 1. The van der Waals surface area contributed by atoms with Crippen LogP contribution in [-0.4, -0.2) is 79.1 Å². The number of alkyl halides is 1. The van der Waals surface area contributed by atoms with Gasteiger partial charge in [-0.3, -0.25) is 28.3 Å². The molecule has 4 fully saturated rings. The van der Waals surface area contributed by atoms with Crippen molar-refractivity contribution >= 4 is 58.4 Å². The van der Waals surface area contributed by atoms with Crippen molar-refractivity contribution in [3.63, 3.8) is 0 Å². The van der Waals surface area contributed by atoms with E-state index in [0.29, 0.717) is 29.7 Å². The van der Waals surface area contributed by atoms with Crippen molar-refractivity contribution in [2.75, 3.05) is 6.67 Å². The number of aryl methyl sites for hydroxylation is 2. The summed E-state index contributed by atoms with van der Waals surface area (Å²) < 4.78 is 21.2. The summed E-state index contributed by atoms with van der Waals surface area (Å²) in [6, 6.07) is 0. The van der Waals surface area contributed by atoms with Crippen LogP contribution in [0.4, 0.5) is 4.39 Å². The van der Waals surface area contributed by atoms with Crippen molar-refractivity contribution in [3.8, 4) is 5.75 Å². The van der Waals surface area contributed by atoms with Crippen molar-refractivity contribution in [2.24, 2.45) is 24.8 Å². The predicted molar refractivity (Wildman–Crippen MR) is 138 cm³/mol. The van der Waals surface area contributed by atoms with Gasteiger partial charge in [-0.15, -0.1) is 0 Å². The number of hydrogen-bond donors (Lipinski definition) is 2. The van der Waals surface area contributed by atoms with Crippen LogP contribution in [0.15, 0.2) is 11.0 Å². The van der Waals surface area contributed by atoms with Crippen LogP contribution in [-0.2, 0) is 23.2 Å². The number of aromatic nitrogens is 3. The molecule has 2 heterocycles. The van der Waals surface area contributed by atoms with Crippen molar-refractivity contribution in [1.29, 1.82) is 0 Å². The fourth-order valence-electron chi connectivity index (χ4n) is 7.12. The number of amides is 1. The van der Waals surface area contributed by atoms with Gasteiger partial charge in [0.15, 0.2) is 11.3 Å². The first-order valence-corrected chi connectivity index (χ1v) is 13.1. The Bertz CT molecular complexity index is 1270. The normalized spacial score (nSPS) is 25.3. The second kappa shape index (κ2) is 11.5. The molecule has 0 radical (unpaired) electrons. The third-order valence-corrected chi connectivity index (χ3v) is 8.17. The number of halogens is 1. The molecule has 6 rings (SSSR count). The number of unbranched alkanes of at least 4 members (excludes halogenated alkanes) is 1. The van der Waals surface area contributed by atoms with Crippen LogP contribution in [0.25, 0.3) is 11.0 Å². The van der Waals surface area contributed by atoms with E-state index in [2.05, 4.69) is 10.4 Å². The molecule has 4 aliphatic rings. The Morgan fingerprint density at radius 2 is 1.76 bits per heavy atom. The minimum absolute atomic E-state index is 0. The number of aliphatic carboxylic acids is 1. The molecule has 0 aromatic carbocycles. The van der Waals surface area contributed by atoms with Gasteiger partial charge in [-0.1, -0.05) is 0 Å². The molecule has 0 spiro atoms. The fourth-order valence-corrected chi connectivity index (χ4v) is 7.12. The number of pyridine rings is 1. The second-order valence-corrected chi connectivity index (χ2v) is 11.1.